The molecule has 0 atom stereocenters. The van der Waals surface area contributed by atoms with Gasteiger partial charge < -0.3 is 9.84 Å². The van der Waals surface area contributed by atoms with Crippen LogP contribution in [0.5, 0.6) is 5.75 Å². The number of hydrogen-bond donors (Lipinski definition) is 1. The molecule has 1 N–H and O–H groups in total. The van der Waals surface area contributed by atoms with Crippen molar-refractivity contribution in [1.82, 2.24) is 0 Å². The molecule has 0 saturated carbocycles. The standard InChI is InChI=1S/C14H22O2/c1-11(2)16-13-7-5-12(6-8-13)9-10-14(3,4)15/h5-8,11,15H,9-10H2,1-4H3. The van der Waals surface area contributed by atoms with Crippen LogP contribution in [0.2, 0.25) is 0 Å². The molecule has 1 rings (SSSR count). The fourth-order valence-corrected chi connectivity index (χ4v) is 1.46. The molecule has 0 unspecified atom stereocenters. The fourth-order valence-electron chi connectivity index (χ4n) is 1.46. The van der Waals surface area contributed by atoms with Crippen LogP contribution in [-0.2, 0) is 6.42 Å². The third-order valence-corrected chi connectivity index (χ3v) is 2.32. The summed E-state index contributed by atoms with van der Waals surface area (Å²) in [6, 6.07) is 8.09. The molecule has 1 aromatic rings. The van der Waals surface area contributed by atoms with Crippen molar-refractivity contribution < 1.29 is 9.84 Å². The first-order valence-corrected chi connectivity index (χ1v) is 5.85. The molecule has 1 aromatic carbocycles. The summed E-state index contributed by atoms with van der Waals surface area (Å²) in [6.45, 7) is 7.71. The number of rotatable bonds is 5. The van der Waals surface area contributed by atoms with Gasteiger partial charge in [0.25, 0.3) is 0 Å². The van der Waals surface area contributed by atoms with E-state index in [0.29, 0.717) is 0 Å². The molecule has 90 valence electrons. The highest BCUT2D eigenvalue weighted by atomic mass is 16.5. The molecule has 0 fully saturated rings. The Bertz CT molecular complexity index is 307. The lowest BCUT2D eigenvalue weighted by atomic mass is 9.99. The minimum absolute atomic E-state index is 0.210. The van der Waals surface area contributed by atoms with Crippen molar-refractivity contribution in [2.45, 2.75) is 52.2 Å². The fraction of sp³-hybridized carbons (Fsp3) is 0.571. The van der Waals surface area contributed by atoms with E-state index in [1.165, 1.54) is 5.56 Å². The van der Waals surface area contributed by atoms with E-state index in [1.54, 1.807) is 0 Å². The van der Waals surface area contributed by atoms with Crippen LogP contribution in [0, 0.1) is 0 Å². The molecule has 0 amide bonds. The normalized spacial score (nSPS) is 11.9. The molecule has 2 nitrogen and oxygen atoms in total. The van der Waals surface area contributed by atoms with Gasteiger partial charge in [0.15, 0.2) is 0 Å². The van der Waals surface area contributed by atoms with E-state index >= 15 is 0 Å². The van der Waals surface area contributed by atoms with Crippen LogP contribution in [0.25, 0.3) is 0 Å². The van der Waals surface area contributed by atoms with E-state index in [9.17, 15) is 5.11 Å². The first kappa shape index (κ1) is 13.0. The second kappa shape index (κ2) is 5.35. The van der Waals surface area contributed by atoms with Gasteiger partial charge in [-0.3, -0.25) is 0 Å². The Balaban J connectivity index is 2.51. The van der Waals surface area contributed by atoms with Crippen LogP contribution < -0.4 is 4.74 Å². The molecule has 0 aliphatic carbocycles. The number of ether oxygens (including phenoxy) is 1. The van der Waals surface area contributed by atoms with E-state index < -0.39 is 5.60 Å². The average molecular weight is 222 g/mol. The maximum atomic E-state index is 9.63. The van der Waals surface area contributed by atoms with Gasteiger partial charge in [0, 0.05) is 0 Å². The topological polar surface area (TPSA) is 29.5 Å². The Kier molecular flexibility index (Phi) is 4.36. The van der Waals surface area contributed by atoms with Crippen LogP contribution in [-0.4, -0.2) is 16.8 Å². The SMILES string of the molecule is CC(C)Oc1ccc(CCC(C)(C)O)cc1. The van der Waals surface area contributed by atoms with E-state index in [1.807, 2.05) is 39.8 Å². The summed E-state index contributed by atoms with van der Waals surface area (Å²) in [7, 11) is 0. The monoisotopic (exact) mass is 222 g/mol. The van der Waals surface area contributed by atoms with Crippen LogP contribution in [0.4, 0.5) is 0 Å². The molecule has 16 heavy (non-hydrogen) atoms. The smallest absolute Gasteiger partial charge is 0.119 e. The summed E-state index contributed by atoms with van der Waals surface area (Å²) < 4.78 is 5.57. The molecule has 0 heterocycles. The molecule has 0 aliphatic rings. The number of hydrogen-bond acceptors (Lipinski definition) is 2. The van der Waals surface area contributed by atoms with Crippen molar-refractivity contribution in [2.24, 2.45) is 0 Å². The summed E-state index contributed by atoms with van der Waals surface area (Å²) in [5, 5.41) is 9.63. The van der Waals surface area contributed by atoms with Gasteiger partial charge in [-0.05, 0) is 58.2 Å². The van der Waals surface area contributed by atoms with Crippen molar-refractivity contribution >= 4 is 0 Å². The molecular weight excluding hydrogens is 200 g/mol. The zero-order valence-corrected chi connectivity index (χ0v) is 10.7. The highest BCUT2D eigenvalue weighted by Gasteiger charge is 2.11. The summed E-state index contributed by atoms with van der Waals surface area (Å²) in [5.74, 6) is 0.905. The lowest BCUT2D eigenvalue weighted by Gasteiger charge is -2.16. The zero-order chi connectivity index (χ0) is 12.2. The van der Waals surface area contributed by atoms with Crippen molar-refractivity contribution in [3.8, 4) is 5.75 Å². The second-order valence-electron chi connectivity index (χ2n) is 5.12. The third-order valence-electron chi connectivity index (χ3n) is 2.32. The van der Waals surface area contributed by atoms with Crippen molar-refractivity contribution in [3.63, 3.8) is 0 Å². The van der Waals surface area contributed by atoms with Crippen LogP contribution in [0.1, 0.15) is 39.7 Å². The van der Waals surface area contributed by atoms with E-state index in [2.05, 4.69) is 12.1 Å². The van der Waals surface area contributed by atoms with Gasteiger partial charge in [0.05, 0.1) is 11.7 Å². The Labute approximate surface area is 98.3 Å². The summed E-state index contributed by atoms with van der Waals surface area (Å²) in [6.07, 6.45) is 1.88. The Morgan fingerprint density at radius 2 is 1.75 bits per heavy atom. The first-order chi connectivity index (χ1) is 7.37. The van der Waals surface area contributed by atoms with Crippen LogP contribution in [0.15, 0.2) is 24.3 Å². The maximum absolute atomic E-state index is 9.63. The number of benzene rings is 1. The van der Waals surface area contributed by atoms with Gasteiger partial charge in [-0.1, -0.05) is 12.1 Å². The molecule has 0 bridgehead atoms. The Hall–Kier alpha value is -1.02. The first-order valence-electron chi connectivity index (χ1n) is 5.85. The molecule has 2 heteroatoms. The van der Waals surface area contributed by atoms with Gasteiger partial charge in [-0.15, -0.1) is 0 Å². The van der Waals surface area contributed by atoms with E-state index in [4.69, 9.17) is 4.74 Å². The van der Waals surface area contributed by atoms with Crippen molar-refractivity contribution in [3.05, 3.63) is 29.8 Å². The van der Waals surface area contributed by atoms with Gasteiger partial charge in [-0.2, -0.15) is 0 Å². The Morgan fingerprint density at radius 3 is 2.19 bits per heavy atom. The predicted molar refractivity (Wildman–Crippen MR) is 66.8 cm³/mol. The summed E-state index contributed by atoms with van der Waals surface area (Å²) in [5.41, 5.74) is 0.644. The highest BCUT2D eigenvalue weighted by Crippen LogP contribution is 2.17. The third kappa shape index (κ3) is 5.17. The second-order valence-corrected chi connectivity index (χ2v) is 5.12. The quantitative estimate of drug-likeness (QED) is 0.829. The molecule has 0 aromatic heterocycles. The van der Waals surface area contributed by atoms with Gasteiger partial charge in [0.1, 0.15) is 5.75 Å². The summed E-state index contributed by atoms with van der Waals surface area (Å²) >= 11 is 0. The lowest BCUT2D eigenvalue weighted by Crippen LogP contribution is -2.19. The Morgan fingerprint density at radius 1 is 1.19 bits per heavy atom. The highest BCUT2D eigenvalue weighted by molar-refractivity contribution is 5.27. The van der Waals surface area contributed by atoms with Crippen molar-refractivity contribution in [2.75, 3.05) is 0 Å². The number of aliphatic hydroxyl groups is 1. The van der Waals surface area contributed by atoms with Gasteiger partial charge in [-0.25, -0.2) is 0 Å². The molecule has 0 aliphatic heterocycles. The number of aryl methyl sites for hydroxylation is 1. The molecular formula is C14H22O2. The van der Waals surface area contributed by atoms with E-state index in [0.717, 1.165) is 18.6 Å². The summed E-state index contributed by atoms with van der Waals surface area (Å²) in [4.78, 5) is 0. The van der Waals surface area contributed by atoms with E-state index in [-0.39, 0.29) is 6.10 Å². The zero-order valence-electron chi connectivity index (χ0n) is 10.7. The minimum Gasteiger partial charge on any atom is -0.491 e. The average Bonchev–Trinajstić information content (AvgIpc) is 2.14. The van der Waals surface area contributed by atoms with Gasteiger partial charge in [0.2, 0.25) is 0 Å². The van der Waals surface area contributed by atoms with Crippen LogP contribution >= 0.6 is 0 Å². The predicted octanol–water partition coefficient (Wildman–Crippen LogP) is 3.18. The van der Waals surface area contributed by atoms with Crippen molar-refractivity contribution in [1.29, 1.82) is 0 Å². The van der Waals surface area contributed by atoms with Crippen LogP contribution in [0.3, 0.4) is 0 Å². The minimum atomic E-state index is -0.590. The maximum Gasteiger partial charge on any atom is 0.119 e. The molecule has 0 saturated heterocycles. The molecule has 0 radical (unpaired) electrons. The lowest BCUT2D eigenvalue weighted by molar-refractivity contribution is 0.0714. The largest absolute Gasteiger partial charge is 0.491 e. The molecule has 0 spiro atoms. The van der Waals surface area contributed by atoms with Gasteiger partial charge >= 0.3 is 0 Å².